The first kappa shape index (κ1) is 29.8. The van der Waals surface area contributed by atoms with Gasteiger partial charge in [0, 0.05) is 25.2 Å². The number of rotatable bonds is 8. The molecule has 43 heavy (non-hydrogen) atoms. The van der Waals surface area contributed by atoms with Crippen molar-refractivity contribution in [2.75, 3.05) is 18.8 Å². The predicted octanol–water partition coefficient (Wildman–Crippen LogP) is 4.08. The van der Waals surface area contributed by atoms with Crippen LogP contribution in [0.4, 0.5) is 19.0 Å². The normalized spacial score (nSPS) is 26.5. The van der Waals surface area contributed by atoms with E-state index in [2.05, 4.69) is 47.9 Å². The number of aromatic amines is 1. The fourth-order valence-electron chi connectivity index (χ4n) is 6.33. The van der Waals surface area contributed by atoms with Crippen LogP contribution in [0.25, 0.3) is 22.1 Å². The summed E-state index contributed by atoms with van der Waals surface area (Å²) in [6.45, 7) is 5.20. The number of nitrogens with zero attached hydrogens (tertiary/aromatic N) is 5. The fraction of sp³-hybridized carbons (Fsp3) is 0.567. The molecule has 4 heterocycles. The lowest BCUT2D eigenvalue weighted by Crippen LogP contribution is -2.52. The highest BCUT2D eigenvalue weighted by Gasteiger charge is 2.47. The van der Waals surface area contributed by atoms with Gasteiger partial charge in [-0.05, 0) is 54.4 Å². The molecular formula is C30H38F3N7O3. The number of ether oxygens (including phenoxy) is 1. The lowest BCUT2D eigenvalue weighted by Gasteiger charge is -2.44. The van der Waals surface area contributed by atoms with Crippen molar-refractivity contribution in [1.82, 2.24) is 29.4 Å². The molecule has 5 N–H and O–H groups in total. The maximum atomic E-state index is 13.6. The zero-order valence-corrected chi connectivity index (χ0v) is 24.4. The monoisotopic (exact) mass is 601 g/mol. The third kappa shape index (κ3) is 6.08. The van der Waals surface area contributed by atoms with Crippen molar-refractivity contribution in [2.24, 2.45) is 5.92 Å². The van der Waals surface area contributed by atoms with Crippen LogP contribution >= 0.6 is 0 Å². The van der Waals surface area contributed by atoms with Crippen LogP contribution < -0.4 is 5.73 Å². The number of aliphatic hydroxyl groups is 2. The first-order valence-electron chi connectivity index (χ1n) is 14.7. The van der Waals surface area contributed by atoms with Gasteiger partial charge in [-0.2, -0.15) is 13.2 Å². The maximum absolute atomic E-state index is 13.6. The SMILES string of the molecule is CC(C)(C)c1ccc2[nH]c(CC[C@H]3C[C@H](N(C[C@H]4O[C@@H](n5ccc6c(N)ncnc65)[C@H](O)[C@@H]4O)CC(F)(F)F)C3)nc2c1. The highest BCUT2D eigenvalue weighted by molar-refractivity contribution is 5.86. The van der Waals surface area contributed by atoms with Crippen molar-refractivity contribution in [3.8, 4) is 0 Å². The number of anilines is 1. The number of halogens is 3. The number of nitrogens with two attached hydrogens (primary N) is 1. The Morgan fingerprint density at radius 3 is 2.60 bits per heavy atom. The lowest BCUT2D eigenvalue weighted by atomic mass is 9.76. The second kappa shape index (κ2) is 11.0. The molecule has 6 rings (SSSR count). The molecule has 0 bridgehead atoms. The molecule has 13 heteroatoms. The van der Waals surface area contributed by atoms with E-state index in [1.54, 1.807) is 12.3 Å². The van der Waals surface area contributed by atoms with Crippen LogP contribution in [-0.4, -0.2) is 83.2 Å². The minimum Gasteiger partial charge on any atom is -0.387 e. The summed E-state index contributed by atoms with van der Waals surface area (Å²) in [6.07, 6.45) is -3.57. The summed E-state index contributed by atoms with van der Waals surface area (Å²) >= 11 is 0. The van der Waals surface area contributed by atoms with Gasteiger partial charge in [-0.25, -0.2) is 15.0 Å². The highest BCUT2D eigenvalue weighted by Crippen LogP contribution is 2.39. The van der Waals surface area contributed by atoms with E-state index in [9.17, 15) is 23.4 Å². The largest absolute Gasteiger partial charge is 0.401 e. The molecule has 1 aliphatic carbocycles. The van der Waals surface area contributed by atoms with E-state index >= 15 is 0 Å². The number of alkyl halides is 3. The lowest BCUT2D eigenvalue weighted by molar-refractivity contribution is -0.163. The summed E-state index contributed by atoms with van der Waals surface area (Å²) in [7, 11) is 0. The quantitative estimate of drug-likeness (QED) is 0.237. The molecule has 4 atom stereocenters. The number of aromatic nitrogens is 5. The van der Waals surface area contributed by atoms with Crippen LogP contribution in [0.2, 0.25) is 0 Å². The molecule has 0 spiro atoms. The van der Waals surface area contributed by atoms with E-state index in [0.29, 0.717) is 30.3 Å². The molecule has 1 aromatic carbocycles. The number of nitrogen functional groups attached to an aromatic ring is 1. The first-order chi connectivity index (χ1) is 20.3. The maximum Gasteiger partial charge on any atom is 0.401 e. The smallest absolute Gasteiger partial charge is 0.387 e. The van der Waals surface area contributed by atoms with Gasteiger partial charge >= 0.3 is 6.18 Å². The van der Waals surface area contributed by atoms with Crippen LogP contribution in [0.5, 0.6) is 0 Å². The van der Waals surface area contributed by atoms with Gasteiger partial charge < -0.3 is 30.2 Å². The van der Waals surface area contributed by atoms with Crippen molar-refractivity contribution < 1.29 is 28.1 Å². The van der Waals surface area contributed by atoms with Gasteiger partial charge in [0.25, 0.3) is 0 Å². The molecule has 1 saturated carbocycles. The van der Waals surface area contributed by atoms with E-state index in [0.717, 1.165) is 23.3 Å². The van der Waals surface area contributed by atoms with Crippen LogP contribution in [0.1, 0.15) is 57.6 Å². The van der Waals surface area contributed by atoms with Gasteiger partial charge in [0.15, 0.2) is 6.23 Å². The second-order valence-corrected chi connectivity index (χ2v) is 13.0. The topological polar surface area (TPSA) is 138 Å². The number of imidazole rings is 1. The van der Waals surface area contributed by atoms with Crippen molar-refractivity contribution >= 4 is 27.9 Å². The summed E-state index contributed by atoms with van der Waals surface area (Å²) in [4.78, 5) is 17.6. The average Bonchev–Trinajstić information content (AvgIpc) is 3.58. The molecule has 4 aromatic rings. The molecular weight excluding hydrogens is 563 g/mol. The van der Waals surface area contributed by atoms with E-state index in [1.807, 2.05) is 6.07 Å². The standard InChI is InChI=1S/C30H38F3N7O3/c1-29(2,3)17-5-6-20-21(12-17)38-23(37-20)7-4-16-10-18(11-16)39(14-30(31,32)33)13-22-24(41)25(42)28(43-22)40-9-8-19-26(34)35-15-36-27(19)40/h5-6,8-9,12,15-16,18,22,24-25,28,41-42H,4,7,10-11,13-14H2,1-3H3,(H,37,38)(H2,34,35,36)/t16-,18-,22-,24-,25-,28-/m1/s1. The summed E-state index contributed by atoms with van der Waals surface area (Å²) in [5.41, 5.74) is 9.43. The third-order valence-corrected chi connectivity index (χ3v) is 8.86. The molecule has 232 valence electrons. The van der Waals surface area contributed by atoms with Crippen LogP contribution in [0, 0.1) is 5.92 Å². The molecule has 10 nitrogen and oxygen atoms in total. The fourth-order valence-corrected chi connectivity index (χ4v) is 6.33. The van der Waals surface area contributed by atoms with Crippen molar-refractivity contribution in [3.05, 3.63) is 48.2 Å². The second-order valence-electron chi connectivity index (χ2n) is 13.0. The van der Waals surface area contributed by atoms with Gasteiger partial charge in [-0.15, -0.1) is 0 Å². The Kier molecular flexibility index (Phi) is 7.64. The zero-order valence-electron chi connectivity index (χ0n) is 24.4. The average molecular weight is 602 g/mol. The summed E-state index contributed by atoms with van der Waals surface area (Å²) in [5.74, 6) is 1.39. The van der Waals surface area contributed by atoms with Crippen molar-refractivity contribution in [2.45, 2.75) is 88.6 Å². The molecule has 0 amide bonds. The number of nitrogens with one attached hydrogen (secondary N) is 1. The van der Waals surface area contributed by atoms with E-state index in [4.69, 9.17) is 15.5 Å². The molecule has 2 fully saturated rings. The number of hydrogen-bond donors (Lipinski definition) is 4. The number of H-pyrrole nitrogens is 1. The minimum absolute atomic E-state index is 0.0231. The molecule has 3 aromatic heterocycles. The van der Waals surface area contributed by atoms with Gasteiger partial charge in [0.2, 0.25) is 0 Å². The van der Waals surface area contributed by atoms with E-state index < -0.39 is 37.3 Å². The Labute approximate surface area is 247 Å². The molecule has 1 aliphatic heterocycles. The summed E-state index contributed by atoms with van der Waals surface area (Å²) in [5, 5.41) is 22.1. The third-order valence-electron chi connectivity index (χ3n) is 8.86. The van der Waals surface area contributed by atoms with Crippen LogP contribution in [-0.2, 0) is 16.6 Å². The van der Waals surface area contributed by atoms with Crippen molar-refractivity contribution in [1.29, 1.82) is 0 Å². The van der Waals surface area contributed by atoms with Crippen molar-refractivity contribution in [3.63, 3.8) is 0 Å². The van der Waals surface area contributed by atoms with E-state index in [-0.39, 0.29) is 29.7 Å². The van der Waals surface area contributed by atoms with Gasteiger partial charge in [0.1, 0.15) is 41.9 Å². The highest BCUT2D eigenvalue weighted by atomic mass is 19.4. The predicted molar refractivity (Wildman–Crippen MR) is 155 cm³/mol. The number of aliphatic hydroxyl groups excluding tert-OH is 2. The Hall–Kier alpha value is -3.26. The summed E-state index contributed by atoms with van der Waals surface area (Å²) < 4.78 is 48.4. The molecule has 0 unspecified atom stereocenters. The number of fused-ring (bicyclic) bond motifs is 2. The molecule has 0 radical (unpaired) electrons. The minimum atomic E-state index is -4.42. The van der Waals surface area contributed by atoms with Crippen LogP contribution in [0.3, 0.4) is 0 Å². The number of hydrogen-bond acceptors (Lipinski definition) is 8. The Morgan fingerprint density at radius 1 is 1.12 bits per heavy atom. The van der Waals surface area contributed by atoms with Crippen LogP contribution in [0.15, 0.2) is 36.8 Å². The number of aryl methyl sites for hydroxylation is 1. The molecule has 1 saturated heterocycles. The molecule has 2 aliphatic rings. The van der Waals surface area contributed by atoms with E-state index in [1.165, 1.54) is 21.4 Å². The summed E-state index contributed by atoms with van der Waals surface area (Å²) in [6, 6.07) is 7.62. The first-order valence-corrected chi connectivity index (χ1v) is 14.7. The Bertz CT molecular complexity index is 1590. The number of benzene rings is 1. The zero-order chi connectivity index (χ0) is 30.7. The van der Waals surface area contributed by atoms with Gasteiger partial charge in [0.05, 0.1) is 23.0 Å². The van der Waals surface area contributed by atoms with Gasteiger partial charge in [-0.3, -0.25) is 4.90 Å². The Morgan fingerprint density at radius 2 is 1.88 bits per heavy atom. The van der Waals surface area contributed by atoms with Gasteiger partial charge in [-0.1, -0.05) is 26.8 Å². The Balaban J connectivity index is 1.08.